The molecule has 1 heterocycles. The van der Waals surface area contributed by atoms with Crippen molar-refractivity contribution in [1.82, 2.24) is 10.5 Å². The van der Waals surface area contributed by atoms with E-state index in [1.54, 1.807) is 18.2 Å². The van der Waals surface area contributed by atoms with Crippen LogP contribution in [0.3, 0.4) is 0 Å². The molecular weight excluding hydrogens is 254 g/mol. The van der Waals surface area contributed by atoms with Crippen LogP contribution in [-0.2, 0) is 0 Å². The van der Waals surface area contributed by atoms with E-state index in [9.17, 15) is 4.79 Å². The SMILES string of the molecule is Cc1cc(N)ccc1C(=O)NC(C)c1c(C)noc1C. The second kappa shape index (κ2) is 5.36. The van der Waals surface area contributed by atoms with Crippen molar-refractivity contribution in [3.63, 3.8) is 0 Å². The Morgan fingerprint density at radius 3 is 2.60 bits per heavy atom. The molecular formula is C15H19N3O2. The number of carbonyl (C=O) groups is 1. The Kier molecular flexibility index (Phi) is 3.79. The number of nitrogens with one attached hydrogen (secondary N) is 1. The molecule has 1 unspecified atom stereocenters. The van der Waals surface area contributed by atoms with Gasteiger partial charge in [-0.05, 0) is 51.5 Å². The smallest absolute Gasteiger partial charge is 0.252 e. The Labute approximate surface area is 118 Å². The molecule has 0 spiro atoms. The van der Waals surface area contributed by atoms with Gasteiger partial charge in [-0.1, -0.05) is 5.16 Å². The number of anilines is 1. The molecule has 2 rings (SSSR count). The van der Waals surface area contributed by atoms with Gasteiger partial charge in [0.05, 0.1) is 11.7 Å². The second-order valence-corrected chi connectivity index (χ2v) is 5.01. The Morgan fingerprint density at radius 2 is 2.05 bits per heavy atom. The quantitative estimate of drug-likeness (QED) is 0.842. The van der Waals surface area contributed by atoms with E-state index in [0.717, 1.165) is 22.6 Å². The third-order valence-electron chi connectivity index (χ3n) is 3.36. The van der Waals surface area contributed by atoms with Gasteiger partial charge in [0.1, 0.15) is 5.76 Å². The summed E-state index contributed by atoms with van der Waals surface area (Å²) in [5, 5.41) is 6.86. The van der Waals surface area contributed by atoms with Crippen LogP contribution >= 0.6 is 0 Å². The lowest BCUT2D eigenvalue weighted by Gasteiger charge is -2.15. The minimum absolute atomic E-state index is 0.130. The van der Waals surface area contributed by atoms with Crippen LogP contribution in [0, 0.1) is 20.8 Å². The van der Waals surface area contributed by atoms with Gasteiger partial charge in [-0.3, -0.25) is 4.79 Å². The molecule has 0 aliphatic heterocycles. The number of nitrogen functional groups attached to an aromatic ring is 1. The molecule has 0 bridgehead atoms. The zero-order chi connectivity index (χ0) is 14.9. The predicted octanol–water partition coefficient (Wildman–Crippen LogP) is 2.67. The summed E-state index contributed by atoms with van der Waals surface area (Å²) in [6.45, 7) is 7.48. The summed E-state index contributed by atoms with van der Waals surface area (Å²) in [6, 6.07) is 5.09. The lowest BCUT2D eigenvalue weighted by Crippen LogP contribution is -2.27. The van der Waals surface area contributed by atoms with E-state index in [1.165, 1.54) is 0 Å². The summed E-state index contributed by atoms with van der Waals surface area (Å²) in [5.74, 6) is 0.597. The fourth-order valence-electron chi connectivity index (χ4n) is 2.40. The monoisotopic (exact) mass is 273 g/mol. The molecule has 0 aliphatic rings. The van der Waals surface area contributed by atoms with Crippen LogP contribution in [0.1, 0.15) is 45.9 Å². The zero-order valence-electron chi connectivity index (χ0n) is 12.2. The van der Waals surface area contributed by atoms with Crippen molar-refractivity contribution in [3.05, 3.63) is 46.3 Å². The highest BCUT2D eigenvalue weighted by Crippen LogP contribution is 2.22. The molecule has 1 amide bonds. The van der Waals surface area contributed by atoms with Crippen molar-refractivity contribution in [2.75, 3.05) is 5.73 Å². The molecule has 0 saturated heterocycles. The maximum absolute atomic E-state index is 12.3. The number of rotatable bonds is 3. The van der Waals surface area contributed by atoms with Crippen molar-refractivity contribution in [2.45, 2.75) is 33.7 Å². The Bertz CT molecular complexity index is 627. The summed E-state index contributed by atoms with van der Waals surface area (Å²) < 4.78 is 5.13. The lowest BCUT2D eigenvalue weighted by molar-refractivity contribution is 0.0939. The highest BCUT2D eigenvalue weighted by atomic mass is 16.5. The highest BCUT2D eigenvalue weighted by molar-refractivity contribution is 5.96. The number of carbonyl (C=O) groups excluding carboxylic acids is 1. The molecule has 1 aromatic carbocycles. The van der Waals surface area contributed by atoms with Gasteiger partial charge in [0.2, 0.25) is 0 Å². The van der Waals surface area contributed by atoms with E-state index >= 15 is 0 Å². The van der Waals surface area contributed by atoms with Crippen LogP contribution in [0.15, 0.2) is 22.7 Å². The molecule has 0 fully saturated rings. The van der Waals surface area contributed by atoms with Gasteiger partial charge < -0.3 is 15.6 Å². The van der Waals surface area contributed by atoms with Crippen LogP contribution in [0.2, 0.25) is 0 Å². The maximum Gasteiger partial charge on any atom is 0.252 e. The van der Waals surface area contributed by atoms with Gasteiger partial charge in [0.15, 0.2) is 0 Å². The number of nitrogens with two attached hydrogens (primary N) is 1. The average Bonchev–Trinajstić information content (AvgIpc) is 2.68. The first-order valence-corrected chi connectivity index (χ1v) is 6.50. The van der Waals surface area contributed by atoms with E-state index in [0.29, 0.717) is 11.3 Å². The molecule has 5 nitrogen and oxygen atoms in total. The van der Waals surface area contributed by atoms with Crippen LogP contribution < -0.4 is 11.1 Å². The summed E-state index contributed by atoms with van der Waals surface area (Å²) in [7, 11) is 0. The molecule has 0 radical (unpaired) electrons. The third-order valence-corrected chi connectivity index (χ3v) is 3.36. The van der Waals surface area contributed by atoms with Gasteiger partial charge in [-0.15, -0.1) is 0 Å². The minimum Gasteiger partial charge on any atom is -0.399 e. The lowest BCUT2D eigenvalue weighted by atomic mass is 10.0. The number of aromatic nitrogens is 1. The first kappa shape index (κ1) is 14.1. The van der Waals surface area contributed by atoms with Gasteiger partial charge in [0, 0.05) is 16.8 Å². The standard InChI is InChI=1S/C15H19N3O2/c1-8-7-12(16)5-6-13(8)15(19)17-9(2)14-10(3)18-20-11(14)4/h5-7,9H,16H2,1-4H3,(H,17,19). The first-order valence-electron chi connectivity index (χ1n) is 6.50. The van der Waals surface area contributed by atoms with Crippen LogP contribution in [-0.4, -0.2) is 11.1 Å². The van der Waals surface area contributed by atoms with E-state index in [4.69, 9.17) is 10.3 Å². The van der Waals surface area contributed by atoms with E-state index in [2.05, 4.69) is 10.5 Å². The average molecular weight is 273 g/mol. The van der Waals surface area contributed by atoms with E-state index in [-0.39, 0.29) is 11.9 Å². The zero-order valence-corrected chi connectivity index (χ0v) is 12.2. The molecule has 2 aromatic rings. The topological polar surface area (TPSA) is 81.2 Å². The van der Waals surface area contributed by atoms with Crippen molar-refractivity contribution in [2.24, 2.45) is 0 Å². The van der Waals surface area contributed by atoms with Crippen LogP contribution in [0.4, 0.5) is 5.69 Å². The highest BCUT2D eigenvalue weighted by Gasteiger charge is 2.19. The molecule has 3 N–H and O–H groups in total. The molecule has 5 heteroatoms. The predicted molar refractivity (Wildman–Crippen MR) is 77.4 cm³/mol. The molecule has 1 aromatic heterocycles. The van der Waals surface area contributed by atoms with Crippen molar-refractivity contribution in [3.8, 4) is 0 Å². The van der Waals surface area contributed by atoms with Gasteiger partial charge >= 0.3 is 0 Å². The van der Waals surface area contributed by atoms with Gasteiger partial charge in [0.25, 0.3) is 5.91 Å². The summed E-state index contributed by atoms with van der Waals surface area (Å²) in [5.41, 5.74) is 9.54. The number of hydrogen-bond donors (Lipinski definition) is 2. The summed E-state index contributed by atoms with van der Waals surface area (Å²) in [6.07, 6.45) is 0. The minimum atomic E-state index is -0.161. The first-order chi connectivity index (χ1) is 9.40. The molecule has 20 heavy (non-hydrogen) atoms. The van der Waals surface area contributed by atoms with E-state index in [1.807, 2.05) is 27.7 Å². The molecule has 0 saturated carbocycles. The van der Waals surface area contributed by atoms with Crippen molar-refractivity contribution in [1.29, 1.82) is 0 Å². The Balaban J connectivity index is 2.19. The summed E-state index contributed by atoms with van der Waals surface area (Å²) >= 11 is 0. The maximum atomic E-state index is 12.3. The molecule has 1 atom stereocenters. The number of benzene rings is 1. The number of nitrogens with zero attached hydrogens (tertiary/aromatic N) is 1. The van der Waals surface area contributed by atoms with Crippen molar-refractivity contribution >= 4 is 11.6 Å². The van der Waals surface area contributed by atoms with Crippen LogP contribution in [0.25, 0.3) is 0 Å². The van der Waals surface area contributed by atoms with Gasteiger partial charge in [-0.25, -0.2) is 0 Å². The Morgan fingerprint density at radius 1 is 1.35 bits per heavy atom. The summed E-state index contributed by atoms with van der Waals surface area (Å²) in [4.78, 5) is 12.3. The molecule has 0 aliphatic carbocycles. The third kappa shape index (κ3) is 2.66. The van der Waals surface area contributed by atoms with Crippen molar-refractivity contribution < 1.29 is 9.32 Å². The fraction of sp³-hybridized carbons (Fsp3) is 0.333. The van der Waals surface area contributed by atoms with Gasteiger partial charge in [-0.2, -0.15) is 0 Å². The fourth-order valence-corrected chi connectivity index (χ4v) is 2.40. The number of hydrogen-bond acceptors (Lipinski definition) is 4. The Hall–Kier alpha value is -2.30. The second-order valence-electron chi connectivity index (χ2n) is 5.01. The van der Waals surface area contributed by atoms with Crippen LogP contribution in [0.5, 0.6) is 0 Å². The normalized spacial score (nSPS) is 12.2. The van der Waals surface area contributed by atoms with E-state index < -0.39 is 0 Å². The largest absolute Gasteiger partial charge is 0.399 e. The number of amides is 1. The molecule has 106 valence electrons. The number of aryl methyl sites for hydroxylation is 3.